The third-order valence-corrected chi connectivity index (χ3v) is 5.27. The lowest BCUT2D eigenvalue weighted by atomic mass is 10.2. The molecule has 1 heterocycles. The molecule has 0 amide bonds. The maximum atomic E-state index is 11.2. The third kappa shape index (κ3) is 6.40. The summed E-state index contributed by atoms with van der Waals surface area (Å²) in [5.41, 5.74) is 1.11. The number of para-hydroxylation sites is 2. The minimum Gasteiger partial charge on any atom is -0.495 e. The Morgan fingerprint density at radius 1 is 1.38 bits per heavy atom. The van der Waals surface area contributed by atoms with Gasteiger partial charge in [0.25, 0.3) is 0 Å². The van der Waals surface area contributed by atoms with Crippen molar-refractivity contribution in [1.82, 2.24) is 10.6 Å². The lowest BCUT2D eigenvalue weighted by Gasteiger charge is -2.22. The van der Waals surface area contributed by atoms with Crippen molar-refractivity contribution in [1.29, 1.82) is 0 Å². The number of hydrogen-bond donors (Lipinski definition) is 2. The minimum absolute atomic E-state index is 0.168. The standard InChI is InChI=1S/C18H30N4O3S/c1-4-19-18(20-11-7-13-26(3,23)24)21-15-10-12-22(14-15)16-8-5-6-9-17(16)25-2/h5-6,8-9,15H,4,7,10-14H2,1-3H3,(H2,19,20,21). The van der Waals surface area contributed by atoms with Crippen LogP contribution in [0, 0.1) is 0 Å². The Morgan fingerprint density at radius 3 is 2.85 bits per heavy atom. The van der Waals surface area contributed by atoms with E-state index in [4.69, 9.17) is 4.74 Å². The van der Waals surface area contributed by atoms with Crippen LogP contribution in [0.1, 0.15) is 19.8 Å². The number of aliphatic imine (C=N–C) groups is 1. The number of benzene rings is 1. The first kappa shape index (κ1) is 20.4. The molecular weight excluding hydrogens is 352 g/mol. The number of nitrogens with zero attached hydrogens (tertiary/aromatic N) is 2. The van der Waals surface area contributed by atoms with Gasteiger partial charge in [-0.3, -0.25) is 4.99 Å². The van der Waals surface area contributed by atoms with Crippen LogP contribution in [0.5, 0.6) is 5.75 Å². The average molecular weight is 383 g/mol. The molecule has 7 nitrogen and oxygen atoms in total. The summed E-state index contributed by atoms with van der Waals surface area (Å²) in [6.07, 6.45) is 2.80. The Labute approximate surface area is 156 Å². The van der Waals surface area contributed by atoms with E-state index in [-0.39, 0.29) is 11.8 Å². The van der Waals surface area contributed by atoms with Gasteiger partial charge in [-0.1, -0.05) is 12.1 Å². The largest absolute Gasteiger partial charge is 0.495 e. The van der Waals surface area contributed by atoms with Crippen molar-refractivity contribution in [3.05, 3.63) is 24.3 Å². The van der Waals surface area contributed by atoms with E-state index in [0.29, 0.717) is 13.0 Å². The summed E-state index contributed by atoms with van der Waals surface area (Å²) in [6.45, 7) is 5.09. The lowest BCUT2D eigenvalue weighted by Crippen LogP contribution is -2.44. The number of nitrogens with one attached hydrogen (secondary N) is 2. The van der Waals surface area contributed by atoms with Gasteiger partial charge in [-0.25, -0.2) is 8.42 Å². The number of hydrogen-bond acceptors (Lipinski definition) is 5. The van der Waals surface area contributed by atoms with E-state index in [1.807, 2.05) is 25.1 Å². The Bertz CT molecular complexity index is 706. The lowest BCUT2D eigenvalue weighted by molar-refractivity contribution is 0.415. The molecular formula is C18H30N4O3S. The molecule has 26 heavy (non-hydrogen) atoms. The fourth-order valence-corrected chi connectivity index (χ4v) is 3.67. The predicted molar refractivity (Wildman–Crippen MR) is 107 cm³/mol. The monoisotopic (exact) mass is 382 g/mol. The Morgan fingerprint density at radius 2 is 2.15 bits per heavy atom. The molecule has 0 aliphatic carbocycles. The van der Waals surface area contributed by atoms with Gasteiger partial charge >= 0.3 is 0 Å². The van der Waals surface area contributed by atoms with Gasteiger partial charge in [-0.05, 0) is 31.9 Å². The molecule has 146 valence electrons. The molecule has 2 rings (SSSR count). The summed E-state index contributed by atoms with van der Waals surface area (Å²) in [6, 6.07) is 8.33. The highest BCUT2D eigenvalue weighted by atomic mass is 32.2. The van der Waals surface area contributed by atoms with Crippen molar-refractivity contribution in [3.63, 3.8) is 0 Å². The van der Waals surface area contributed by atoms with Crippen LogP contribution in [0.25, 0.3) is 0 Å². The second-order valence-electron chi connectivity index (χ2n) is 6.49. The van der Waals surface area contributed by atoms with Crippen molar-refractivity contribution in [2.75, 3.05) is 50.2 Å². The first-order chi connectivity index (χ1) is 12.4. The first-order valence-corrected chi connectivity index (χ1v) is 11.1. The molecule has 1 unspecified atom stereocenters. The van der Waals surface area contributed by atoms with Crippen molar-refractivity contribution >= 4 is 21.5 Å². The Balaban J connectivity index is 1.91. The molecule has 0 bridgehead atoms. The summed E-state index contributed by atoms with van der Waals surface area (Å²) < 4.78 is 27.9. The summed E-state index contributed by atoms with van der Waals surface area (Å²) in [5.74, 6) is 1.79. The summed E-state index contributed by atoms with van der Waals surface area (Å²) in [7, 11) is -1.24. The maximum Gasteiger partial charge on any atom is 0.191 e. The van der Waals surface area contributed by atoms with Gasteiger partial charge in [0.2, 0.25) is 0 Å². The molecule has 1 aromatic carbocycles. The van der Waals surface area contributed by atoms with Crippen molar-refractivity contribution < 1.29 is 13.2 Å². The number of sulfone groups is 1. The number of guanidine groups is 1. The summed E-state index contributed by atoms with van der Waals surface area (Å²) in [5, 5.41) is 6.69. The van der Waals surface area contributed by atoms with E-state index in [2.05, 4.69) is 26.6 Å². The van der Waals surface area contributed by atoms with Gasteiger partial charge < -0.3 is 20.3 Å². The van der Waals surface area contributed by atoms with Crippen LogP contribution >= 0.6 is 0 Å². The van der Waals surface area contributed by atoms with Gasteiger partial charge in [-0.2, -0.15) is 0 Å². The Hall–Kier alpha value is -1.96. The first-order valence-electron chi connectivity index (χ1n) is 9.03. The van der Waals surface area contributed by atoms with Gasteiger partial charge in [0.05, 0.1) is 18.6 Å². The molecule has 1 atom stereocenters. The highest BCUT2D eigenvalue weighted by Crippen LogP contribution is 2.30. The second-order valence-corrected chi connectivity index (χ2v) is 8.75. The molecule has 0 radical (unpaired) electrons. The molecule has 2 N–H and O–H groups in total. The normalized spacial score (nSPS) is 18.0. The van der Waals surface area contributed by atoms with E-state index in [1.165, 1.54) is 6.26 Å². The van der Waals surface area contributed by atoms with Crippen LogP contribution < -0.4 is 20.3 Å². The molecule has 1 fully saturated rings. The van der Waals surface area contributed by atoms with Crippen LogP contribution in [0.15, 0.2) is 29.3 Å². The molecule has 0 saturated carbocycles. The highest BCUT2D eigenvalue weighted by Gasteiger charge is 2.25. The molecule has 0 aromatic heterocycles. The average Bonchev–Trinajstić information content (AvgIpc) is 3.06. The Kier molecular flexibility index (Phi) is 7.56. The molecule has 1 aliphatic heterocycles. The fraction of sp³-hybridized carbons (Fsp3) is 0.611. The zero-order valence-corrected chi connectivity index (χ0v) is 16.7. The van der Waals surface area contributed by atoms with Crippen LogP contribution in [0.4, 0.5) is 5.69 Å². The molecule has 1 aliphatic rings. The van der Waals surface area contributed by atoms with Crippen LogP contribution in [0.2, 0.25) is 0 Å². The highest BCUT2D eigenvalue weighted by molar-refractivity contribution is 7.90. The molecule has 1 aromatic rings. The van der Waals surface area contributed by atoms with E-state index >= 15 is 0 Å². The third-order valence-electron chi connectivity index (χ3n) is 4.24. The van der Waals surface area contributed by atoms with E-state index < -0.39 is 9.84 Å². The van der Waals surface area contributed by atoms with Crippen molar-refractivity contribution in [2.24, 2.45) is 4.99 Å². The predicted octanol–water partition coefficient (Wildman–Crippen LogP) is 1.26. The van der Waals surface area contributed by atoms with Crippen LogP contribution in [-0.4, -0.2) is 65.7 Å². The topological polar surface area (TPSA) is 83.0 Å². The van der Waals surface area contributed by atoms with Crippen LogP contribution in [0.3, 0.4) is 0 Å². The molecule has 8 heteroatoms. The van der Waals surface area contributed by atoms with Crippen molar-refractivity contribution in [3.8, 4) is 5.75 Å². The number of methoxy groups -OCH3 is 1. The fourth-order valence-electron chi connectivity index (χ4n) is 3.02. The van der Waals surface area contributed by atoms with E-state index in [1.54, 1.807) is 7.11 Å². The van der Waals surface area contributed by atoms with Gasteiger partial charge in [0, 0.05) is 38.5 Å². The SMILES string of the molecule is CCNC(=NCCCS(C)(=O)=O)NC1CCN(c2ccccc2OC)C1. The summed E-state index contributed by atoms with van der Waals surface area (Å²) in [4.78, 5) is 6.81. The molecule has 1 saturated heterocycles. The van der Waals surface area contributed by atoms with Crippen LogP contribution in [-0.2, 0) is 9.84 Å². The van der Waals surface area contributed by atoms with Crippen molar-refractivity contribution in [2.45, 2.75) is 25.8 Å². The zero-order valence-electron chi connectivity index (χ0n) is 15.9. The minimum atomic E-state index is -2.93. The van der Waals surface area contributed by atoms with Gasteiger partial charge in [-0.15, -0.1) is 0 Å². The van der Waals surface area contributed by atoms with Gasteiger partial charge in [0.15, 0.2) is 5.96 Å². The quantitative estimate of drug-likeness (QED) is 0.400. The summed E-state index contributed by atoms with van der Waals surface area (Å²) >= 11 is 0. The zero-order chi connectivity index (χ0) is 19.0. The number of ether oxygens (including phenoxy) is 1. The van der Waals surface area contributed by atoms with Gasteiger partial charge in [0.1, 0.15) is 15.6 Å². The smallest absolute Gasteiger partial charge is 0.191 e. The van der Waals surface area contributed by atoms with E-state index in [0.717, 1.165) is 43.5 Å². The number of rotatable bonds is 8. The second kappa shape index (κ2) is 9.66. The maximum absolute atomic E-state index is 11.2. The molecule has 0 spiro atoms. The number of anilines is 1. The van der Waals surface area contributed by atoms with E-state index in [9.17, 15) is 8.42 Å².